The Morgan fingerprint density at radius 2 is 2.18 bits per heavy atom. The van der Waals surface area contributed by atoms with Gasteiger partial charge in [0.05, 0.1) is 5.69 Å². The summed E-state index contributed by atoms with van der Waals surface area (Å²) in [5, 5.41) is 3.20. The molecule has 1 atom stereocenters. The summed E-state index contributed by atoms with van der Waals surface area (Å²) in [4.78, 5) is 6.99. The smallest absolute Gasteiger partial charge is 0.0588 e. The number of nitrogens with zero attached hydrogens (tertiary/aromatic N) is 2. The number of aromatic nitrogens is 1. The van der Waals surface area contributed by atoms with E-state index in [4.69, 9.17) is 0 Å². The number of hydrogen-bond acceptors (Lipinski definition) is 3. The first kappa shape index (κ1) is 14.1. The summed E-state index contributed by atoms with van der Waals surface area (Å²) in [6.07, 6.45) is 3.07. The van der Waals surface area contributed by atoms with Crippen LogP contribution in [0.5, 0.6) is 0 Å². The van der Waals surface area contributed by atoms with E-state index in [1.54, 1.807) is 0 Å². The van der Waals surface area contributed by atoms with Crippen molar-refractivity contribution < 1.29 is 0 Å². The van der Waals surface area contributed by atoms with Gasteiger partial charge in [-0.15, -0.1) is 0 Å². The summed E-state index contributed by atoms with van der Waals surface area (Å²) in [5.74, 6) is 0. The van der Waals surface area contributed by atoms with Crippen LogP contribution < -0.4 is 5.32 Å². The highest BCUT2D eigenvalue weighted by Crippen LogP contribution is 2.12. The molecular formula is C14H25N3. The van der Waals surface area contributed by atoms with Gasteiger partial charge in [0.2, 0.25) is 0 Å². The maximum atomic E-state index is 4.52. The van der Waals surface area contributed by atoms with Crippen molar-refractivity contribution in [3.63, 3.8) is 0 Å². The molecule has 1 N–H and O–H groups in total. The van der Waals surface area contributed by atoms with Gasteiger partial charge in [0.15, 0.2) is 0 Å². The van der Waals surface area contributed by atoms with Crippen LogP contribution >= 0.6 is 0 Å². The van der Waals surface area contributed by atoms with Crippen LogP contribution in [0.15, 0.2) is 18.3 Å². The normalized spacial score (nSPS) is 13.0. The molecule has 0 radical (unpaired) electrons. The van der Waals surface area contributed by atoms with Gasteiger partial charge in [-0.3, -0.25) is 9.88 Å². The van der Waals surface area contributed by atoms with Crippen molar-refractivity contribution >= 4 is 0 Å². The molecule has 0 aromatic carbocycles. The third-order valence-corrected chi connectivity index (χ3v) is 3.32. The van der Waals surface area contributed by atoms with E-state index in [1.165, 1.54) is 17.7 Å². The van der Waals surface area contributed by atoms with E-state index in [0.717, 1.165) is 19.6 Å². The lowest BCUT2D eigenvalue weighted by Gasteiger charge is -2.27. The zero-order chi connectivity index (χ0) is 12.7. The Morgan fingerprint density at radius 1 is 1.41 bits per heavy atom. The van der Waals surface area contributed by atoms with Crippen molar-refractivity contribution in [1.82, 2.24) is 15.2 Å². The zero-order valence-electron chi connectivity index (χ0n) is 11.5. The highest BCUT2D eigenvalue weighted by Gasteiger charge is 2.13. The minimum Gasteiger partial charge on any atom is -0.316 e. The van der Waals surface area contributed by atoms with E-state index in [-0.39, 0.29) is 0 Å². The Hall–Kier alpha value is -0.930. The molecule has 1 rings (SSSR count). The molecule has 0 aliphatic carbocycles. The SMILES string of the molecule is CCC(C)N(CC)Cc1ncccc1CNC. The fourth-order valence-corrected chi connectivity index (χ4v) is 1.99. The third-order valence-electron chi connectivity index (χ3n) is 3.32. The Kier molecular flexibility index (Phi) is 6.16. The van der Waals surface area contributed by atoms with E-state index < -0.39 is 0 Å². The maximum Gasteiger partial charge on any atom is 0.0588 e. The molecule has 0 saturated heterocycles. The third kappa shape index (κ3) is 4.10. The summed E-state index contributed by atoms with van der Waals surface area (Å²) < 4.78 is 0. The summed E-state index contributed by atoms with van der Waals surface area (Å²) in [7, 11) is 1.98. The summed E-state index contributed by atoms with van der Waals surface area (Å²) in [6, 6.07) is 4.78. The van der Waals surface area contributed by atoms with E-state index in [1.807, 2.05) is 19.3 Å². The average molecular weight is 235 g/mol. The fraction of sp³-hybridized carbons (Fsp3) is 0.643. The van der Waals surface area contributed by atoms with Crippen molar-refractivity contribution in [2.45, 2.75) is 46.3 Å². The molecule has 0 aliphatic heterocycles. The molecule has 1 aromatic heterocycles. The fourth-order valence-electron chi connectivity index (χ4n) is 1.99. The van der Waals surface area contributed by atoms with Gasteiger partial charge >= 0.3 is 0 Å². The first-order valence-corrected chi connectivity index (χ1v) is 6.54. The second kappa shape index (κ2) is 7.41. The van der Waals surface area contributed by atoms with E-state index in [9.17, 15) is 0 Å². The molecule has 1 unspecified atom stereocenters. The van der Waals surface area contributed by atoms with Crippen LogP contribution in [0.25, 0.3) is 0 Å². The molecule has 3 nitrogen and oxygen atoms in total. The topological polar surface area (TPSA) is 28.2 Å². The van der Waals surface area contributed by atoms with Gasteiger partial charge in [0, 0.05) is 25.3 Å². The molecule has 0 spiro atoms. The van der Waals surface area contributed by atoms with Crippen LogP contribution in [0.1, 0.15) is 38.4 Å². The second-order valence-corrected chi connectivity index (χ2v) is 4.46. The quantitative estimate of drug-likeness (QED) is 0.786. The Labute approximate surface area is 105 Å². The molecule has 0 aliphatic rings. The zero-order valence-corrected chi connectivity index (χ0v) is 11.5. The summed E-state index contributed by atoms with van der Waals surface area (Å²) >= 11 is 0. The number of rotatable bonds is 7. The minimum absolute atomic E-state index is 0.615. The number of nitrogens with one attached hydrogen (secondary N) is 1. The molecule has 0 fully saturated rings. The largest absolute Gasteiger partial charge is 0.316 e. The van der Waals surface area contributed by atoms with Crippen LogP contribution in [0.3, 0.4) is 0 Å². The molecule has 96 valence electrons. The molecule has 0 amide bonds. The highest BCUT2D eigenvalue weighted by atomic mass is 15.1. The van der Waals surface area contributed by atoms with E-state index in [0.29, 0.717) is 6.04 Å². The predicted octanol–water partition coefficient (Wildman–Crippen LogP) is 2.42. The number of pyridine rings is 1. The number of hydrogen-bond donors (Lipinski definition) is 1. The van der Waals surface area contributed by atoms with E-state index in [2.05, 4.69) is 42.0 Å². The molecule has 0 bridgehead atoms. The molecule has 1 aromatic rings. The molecular weight excluding hydrogens is 210 g/mol. The van der Waals surface area contributed by atoms with Crippen LogP contribution in [-0.2, 0) is 13.1 Å². The molecule has 0 saturated carbocycles. The van der Waals surface area contributed by atoms with E-state index >= 15 is 0 Å². The second-order valence-electron chi connectivity index (χ2n) is 4.46. The van der Waals surface area contributed by atoms with Gasteiger partial charge in [0.25, 0.3) is 0 Å². The predicted molar refractivity (Wildman–Crippen MR) is 72.8 cm³/mol. The first-order valence-electron chi connectivity index (χ1n) is 6.54. The van der Waals surface area contributed by atoms with Crippen molar-refractivity contribution in [2.75, 3.05) is 13.6 Å². The van der Waals surface area contributed by atoms with Crippen molar-refractivity contribution in [3.05, 3.63) is 29.6 Å². The van der Waals surface area contributed by atoms with Gasteiger partial charge in [0.1, 0.15) is 0 Å². The van der Waals surface area contributed by atoms with Crippen molar-refractivity contribution in [3.8, 4) is 0 Å². The maximum absolute atomic E-state index is 4.52. The van der Waals surface area contributed by atoms with Crippen LogP contribution in [0.4, 0.5) is 0 Å². The van der Waals surface area contributed by atoms with Gasteiger partial charge in [-0.1, -0.05) is 19.9 Å². The van der Waals surface area contributed by atoms with Gasteiger partial charge < -0.3 is 5.32 Å². The monoisotopic (exact) mass is 235 g/mol. The Morgan fingerprint density at radius 3 is 2.76 bits per heavy atom. The van der Waals surface area contributed by atoms with Gasteiger partial charge in [-0.2, -0.15) is 0 Å². The molecule has 17 heavy (non-hydrogen) atoms. The van der Waals surface area contributed by atoms with Crippen molar-refractivity contribution in [2.24, 2.45) is 0 Å². The summed E-state index contributed by atoms with van der Waals surface area (Å²) in [6.45, 7) is 9.65. The molecule has 3 heteroatoms. The highest BCUT2D eigenvalue weighted by molar-refractivity contribution is 5.19. The molecule has 1 heterocycles. The lowest BCUT2D eigenvalue weighted by Crippen LogP contribution is -2.32. The summed E-state index contributed by atoms with van der Waals surface area (Å²) in [5.41, 5.74) is 2.50. The van der Waals surface area contributed by atoms with Gasteiger partial charge in [-0.05, 0) is 38.6 Å². The standard InChI is InChI=1S/C14H25N3/c1-5-12(3)17(6-2)11-14-13(10-15-4)8-7-9-16-14/h7-9,12,15H,5-6,10-11H2,1-4H3. The average Bonchev–Trinajstić information content (AvgIpc) is 2.37. The van der Waals surface area contributed by atoms with Gasteiger partial charge in [-0.25, -0.2) is 0 Å². The Balaban J connectivity index is 2.78. The minimum atomic E-state index is 0.615. The Bertz CT molecular complexity index is 325. The lowest BCUT2D eigenvalue weighted by molar-refractivity contribution is 0.203. The van der Waals surface area contributed by atoms with Crippen LogP contribution in [0, 0.1) is 0 Å². The van der Waals surface area contributed by atoms with Crippen LogP contribution in [0.2, 0.25) is 0 Å². The first-order chi connectivity index (χ1) is 8.22. The van der Waals surface area contributed by atoms with Crippen molar-refractivity contribution in [1.29, 1.82) is 0 Å². The van der Waals surface area contributed by atoms with Crippen LogP contribution in [-0.4, -0.2) is 29.5 Å². The lowest BCUT2D eigenvalue weighted by atomic mass is 10.1.